The molecule has 1 saturated heterocycles. The monoisotopic (exact) mass is 397 g/mol. The van der Waals surface area contributed by atoms with Crippen molar-refractivity contribution < 1.29 is 9.59 Å². The summed E-state index contributed by atoms with van der Waals surface area (Å²) in [5.74, 6) is 0.840. The van der Waals surface area contributed by atoms with Crippen LogP contribution in [0.1, 0.15) is 27.2 Å². The highest BCUT2D eigenvalue weighted by Gasteiger charge is 2.51. The minimum absolute atomic E-state index is 0.0110. The van der Waals surface area contributed by atoms with Crippen molar-refractivity contribution in [1.29, 1.82) is 0 Å². The number of rotatable bonds is 4. The van der Waals surface area contributed by atoms with Crippen LogP contribution in [0.2, 0.25) is 5.02 Å². The molecule has 7 heteroatoms. The molecule has 1 aromatic carbocycles. The van der Waals surface area contributed by atoms with Crippen LogP contribution in [-0.2, 0) is 4.79 Å². The van der Waals surface area contributed by atoms with Gasteiger partial charge in [-0.15, -0.1) is 0 Å². The quantitative estimate of drug-likeness (QED) is 0.766. The van der Waals surface area contributed by atoms with E-state index in [4.69, 9.17) is 11.6 Å². The molecule has 2 unspecified atom stereocenters. The summed E-state index contributed by atoms with van der Waals surface area (Å²) in [6.45, 7) is 6.17. The largest absolute Gasteiger partial charge is 0.326 e. The Morgan fingerprint density at radius 2 is 1.85 bits per heavy atom. The molecule has 144 valence electrons. The van der Waals surface area contributed by atoms with Gasteiger partial charge in [0.1, 0.15) is 12.2 Å². The Kier molecular flexibility index (Phi) is 6.51. The molecule has 2 atom stereocenters. The van der Waals surface area contributed by atoms with Gasteiger partial charge in [0, 0.05) is 30.2 Å². The number of anilines is 1. The predicted octanol–water partition coefficient (Wildman–Crippen LogP) is 4.16. The van der Waals surface area contributed by atoms with E-state index in [1.807, 2.05) is 18.4 Å². The molecule has 5 nitrogen and oxygen atoms in total. The van der Waals surface area contributed by atoms with E-state index >= 15 is 0 Å². The fraction of sp³-hybridized carbons (Fsp3) is 0.579. The second kappa shape index (κ2) is 8.09. The minimum atomic E-state index is -0.432. The van der Waals surface area contributed by atoms with Crippen LogP contribution >= 0.6 is 23.4 Å². The van der Waals surface area contributed by atoms with Crippen LogP contribution in [0.5, 0.6) is 0 Å². The maximum Gasteiger partial charge on any atom is 0.326 e. The van der Waals surface area contributed by atoms with E-state index in [2.05, 4.69) is 20.8 Å². The maximum atomic E-state index is 13.4. The van der Waals surface area contributed by atoms with Crippen LogP contribution in [0, 0.1) is 5.41 Å². The SMILES string of the molecule is CSCCC1C(=O)N(C)C(C(C)(C)C)N1C(=O)N(C)c1ccc(Cl)cc1. The number of halogens is 1. The fourth-order valence-electron chi connectivity index (χ4n) is 3.51. The van der Waals surface area contributed by atoms with Crippen LogP contribution in [0.3, 0.4) is 0 Å². The van der Waals surface area contributed by atoms with Gasteiger partial charge in [-0.05, 0) is 42.7 Å². The minimum Gasteiger partial charge on any atom is -0.323 e. The summed E-state index contributed by atoms with van der Waals surface area (Å²) < 4.78 is 0. The van der Waals surface area contributed by atoms with Crippen molar-refractivity contribution >= 4 is 41.0 Å². The van der Waals surface area contributed by atoms with E-state index in [1.54, 1.807) is 52.7 Å². The Balaban J connectivity index is 2.39. The third-order valence-electron chi connectivity index (χ3n) is 4.69. The Hall–Kier alpha value is -1.40. The lowest BCUT2D eigenvalue weighted by atomic mass is 9.91. The molecule has 3 amide bonds. The van der Waals surface area contributed by atoms with Crippen molar-refractivity contribution in [2.24, 2.45) is 5.41 Å². The van der Waals surface area contributed by atoms with Crippen molar-refractivity contribution in [3.8, 4) is 0 Å². The summed E-state index contributed by atoms with van der Waals surface area (Å²) in [6.07, 6.45) is 2.37. The highest BCUT2D eigenvalue weighted by atomic mass is 35.5. The first-order valence-electron chi connectivity index (χ1n) is 8.66. The van der Waals surface area contributed by atoms with Gasteiger partial charge in [-0.25, -0.2) is 4.79 Å². The molecule has 1 fully saturated rings. The van der Waals surface area contributed by atoms with Crippen LogP contribution < -0.4 is 4.90 Å². The van der Waals surface area contributed by atoms with E-state index in [9.17, 15) is 9.59 Å². The lowest BCUT2D eigenvalue weighted by molar-refractivity contribution is -0.129. The molecular formula is C19H28ClN3O2S. The second-order valence-corrected chi connectivity index (χ2v) is 9.13. The van der Waals surface area contributed by atoms with Gasteiger partial charge >= 0.3 is 6.03 Å². The topological polar surface area (TPSA) is 43.9 Å². The zero-order valence-electron chi connectivity index (χ0n) is 16.3. The average molecular weight is 398 g/mol. The summed E-state index contributed by atoms with van der Waals surface area (Å²) in [4.78, 5) is 31.3. The number of hydrogen-bond donors (Lipinski definition) is 0. The third kappa shape index (κ3) is 4.12. The highest BCUT2D eigenvalue weighted by molar-refractivity contribution is 7.98. The molecule has 0 aromatic heterocycles. The van der Waals surface area contributed by atoms with E-state index in [0.29, 0.717) is 11.4 Å². The molecule has 2 rings (SSSR count). The lowest BCUT2D eigenvalue weighted by Crippen LogP contribution is -2.54. The zero-order valence-corrected chi connectivity index (χ0v) is 17.9. The number of carbonyl (C=O) groups excluding carboxylic acids is 2. The number of amides is 3. The molecule has 0 bridgehead atoms. The molecule has 0 radical (unpaired) electrons. The summed E-state index contributed by atoms with van der Waals surface area (Å²) >= 11 is 7.64. The Morgan fingerprint density at radius 3 is 2.35 bits per heavy atom. The van der Waals surface area contributed by atoms with Crippen LogP contribution in [0.15, 0.2) is 24.3 Å². The Labute approximate surface area is 165 Å². The third-order valence-corrected chi connectivity index (χ3v) is 5.59. The normalized spacial score (nSPS) is 20.7. The highest BCUT2D eigenvalue weighted by Crippen LogP contribution is 2.36. The summed E-state index contributed by atoms with van der Waals surface area (Å²) in [5, 5.41) is 0.621. The van der Waals surface area contributed by atoms with Crippen LogP contribution in [0.25, 0.3) is 0 Å². The molecule has 1 aliphatic heterocycles. The predicted molar refractivity (Wildman–Crippen MR) is 110 cm³/mol. The number of thioether (sulfide) groups is 1. The molecular weight excluding hydrogens is 370 g/mol. The molecule has 26 heavy (non-hydrogen) atoms. The van der Waals surface area contributed by atoms with Crippen molar-refractivity contribution in [3.05, 3.63) is 29.3 Å². The molecule has 1 heterocycles. The lowest BCUT2D eigenvalue weighted by Gasteiger charge is -2.40. The molecule has 1 aromatic rings. The summed E-state index contributed by atoms with van der Waals surface area (Å²) in [5.41, 5.74) is 0.493. The smallest absolute Gasteiger partial charge is 0.323 e. The van der Waals surface area contributed by atoms with E-state index in [1.165, 1.54) is 0 Å². The van der Waals surface area contributed by atoms with Gasteiger partial charge in [0.25, 0.3) is 0 Å². The fourth-order valence-corrected chi connectivity index (χ4v) is 4.09. The Morgan fingerprint density at radius 1 is 1.27 bits per heavy atom. The van der Waals surface area contributed by atoms with E-state index in [0.717, 1.165) is 11.4 Å². The Bertz CT molecular complexity index is 660. The van der Waals surface area contributed by atoms with Gasteiger partial charge < -0.3 is 4.90 Å². The standard InChI is InChI=1S/C19H28ClN3O2S/c1-19(2,3)17-22(5)16(24)15(11-12-26-6)23(17)18(25)21(4)14-9-7-13(20)8-10-14/h7-10,15,17H,11-12H2,1-6H3. The first kappa shape index (κ1) is 20.9. The maximum absolute atomic E-state index is 13.4. The van der Waals surface area contributed by atoms with Crippen LogP contribution in [0.4, 0.5) is 10.5 Å². The van der Waals surface area contributed by atoms with E-state index < -0.39 is 6.04 Å². The molecule has 0 saturated carbocycles. The van der Waals surface area contributed by atoms with Gasteiger partial charge in [-0.3, -0.25) is 14.6 Å². The van der Waals surface area contributed by atoms with Crippen LogP contribution in [-0.4, -0.2) is 60.0 Å². The average Bonchev–Trinajstić information content (AvgIpc) is 2.83. The van der Waals surface area contributed by atoms with Gasteiger partial charge in [0.15, 0.2) is 0 Å². The second-order valence-electron chi connectivity index (χ2n) is 7.71. The molecule has 0 aliphatic carbocycles. The number of carbonyl (C=O) groups is 2. The number of benzene rings is 1. The number of hydrogen-bond acceptors (Lipinski definition) is 3. The summed E-state index contributed by atoms with van der Waals surface area (Å²) in [6, 6.07) is 6.54. The zero-order chi connectivity index (χ0) is 19.6. The van der Waals surface area contributed by atoms with Gasteiger partial charge in [-0.2, -0.15) is 11.8 Å². The molecule has 0 N–H and O–H groups in total. The van der Waals surface area contributed by atoms with Gasteiger partial charge in [-0.1, -0.05) is 32.4 Å². The van der Waals surface area contributed by atoms with Crippen molar-refractivity contribution in [1.82, 2.24) is 9.80 Å². The van der Waals surface area contributed by atoms with Crippen molar-refractivity contribution in [3.63, 3.8) is 0 Å². The molecule has 1 aliphatic rings. The first-order chi connectivity index (χ1) is 12.1. The van der Waals surface area contributed by atoms with Crippen molar-refractivity contribution in [2.45, 2.75) is 39.4 Å². The summed E-state index contributed by atoms with van der Waals surface area (Å²) in [7, 11) is 3.53. The van der Waals surface area contributed by atoms with Crippen molar-refractivity contribution in [2.75, 3.05) is 31.0 Å². The van der Waals surface area contributed by atoms with Gasteiger partial charge in [0.2, 0.25) is 5.91 Å². The van der Waals surface area contributed by atoms with E-state index in [-0.39, 0.29) is 23.5 Å². The molecule has 0 spiro atoms. The number of urea groups is 1. The number of likely N-dealkylation sites (N-methyl/N-ethyl adjacent to an activating group) is 1. The first-order valence-corrected chi connectivity index (χ1v) is 10.4. The number of nitrogens with zero attached hydrogens (tertiary/aromatic N) is 3. The van der Waals surface area contributed by atoms with Gasteiger partial charge in [0.05, 0.1) is 0 Å².